The van der Waals surface area contributed by atoms with Crippen LogP contribution in [0.2, 0.25) is 0 Å². The molecule has 3 heterocycles. The van der Waals surface area contributed by atoms with Crippen LogP contribution < -0.4 is 11.1 Å². The third-order valence-electron chi connectivity index (χ3n) is 7.85. The van der Waals surface area contributed by atoms with Gasteiger partial charge in [0.2, 0.25) is 0 Å². The van der Waals surface area contributed by atoms with Crippen LogP contribution in [0.4, 0.5) is 5.82 Å². The van der Waals surface area contributed by atoms with E-state index in [0.717, 1.165) is 45.7 Å². The van der Waals surface area contributed by atoms with E-state index in [0.29, 0.717) is 24.5 Å². The topological polar surface area (TPSA) is 119 Å². The molecule has 0 amide bonds. The van der Waals surface area contributed by atoms with Crippen molar-refractivity contribution in [2.75, 3.05) is 5.73 Å². The van der Waals surface area contributed by atoms with Crippen LogP contribution in [0.15, 0.2) is 85.1 Å². The molecule has 0 saturated heterocycles. The zero-order valence-corrected chi connectivity index (χ0v) is 22.6. The minimum Gasteiger partial charge on any atom is -0.481 e. The molecule has 0 radical (unpaired) electrons. The number of aliphatic carboxylic acids is 1. The molecule has 0 aliphatic heterocycles. The third kappa shape index (κ3) is 4.82. The molecule has 2 atom stereocenters. The highest BCUT2D eigenvalue weighted by atomic mass is 16.4. The Kier molecular flexibility index (Phi) is 6.56. The van der Waals surface area contributed by atoms with Gasteiger partial charge >= 0.3 is 5.97 Å². The average Bonchev–Trinajstić information content (AvgIpc) is 3.58. The Morgan fingerprint density at radius 3 is 2.45 bits per heavy atom. The van der Waals surface area contributed by atoms with Crippen molar-refractivity contribution in [3.8, 4) is 28.3 Å². The summed E-state index contributed by atoms with van der Waals surface area (Å²) in [5, 5.41) is 13.1. The Morgan fingerprint density at radius 2 is 1.75 bits per heavy atom. The highest BCUT2D eigenvalue weighted by Crippen LogP contribution is 2.34. The number of fused-ring (bicyclic) bond motifs is 1. The predicted molar refractivity (Wildman–Crippen MR) is 157 cm³/mol. The number of anilines is 1. The largest absolute Gasteiger partial charge is 0.481 e. The van der Waals surface area contributed by atoms with Crippen LogP contribution in [0.5, 0.6) is 0 Å². The molecule has 8 nitrogen and oxygen atoms in total. The summed E-state index contributed by atoms with van der Waals surface area (Å²) in [5.74, 6) is 0.111. The van der Waals surface area contributed by atoms with Gasteiger partial charge in [-0.2, -0.15) is 0 Å². The quantitative estimate of drug-likeness (QED) is 0.242. The van der Waals surface area contributed by atoms with Crippen molar-refractivity contribution < 1.29 is 9.90 Å². The van der Waals surface area contributed by atoms with Crippen molar-refractivity contribution in [2.24, 2.45) is 5.92 Å². The fraction of sp³-hybridized carbons (Fsp3) is 0.250. The second-order valence-electron chi connectivity index (χ2n) is 11.0. The SMILES string of the molecule is CC(C)(N[C@@H]1CC[C@H](C(=O)O)C1)c1ccc(-n2c(-c3cccnc3N)nc3ccc(-c4ccccc4)nc32)cc1. The number of nitrogens with one attached hydrogen (secondary N) is 1. The van der Waals surface area contributed by atoms with E-state index < -0.39 is 5.97 Å². The van der Waals surface area contributed by atoms with Crippen LogP contribution in [0.25, 0.3) is 39.5 Å². The molecule has 0 spiro atoms. The van der Waals surface area contributed by atoms with Gasteiger partial charge in [0.15, 0.2) is 11.5 Å². The second-order valence-corrected chi connectivity index (χ2v) is 11.0. The van der Waals surface area contributed by atoms with Crippen LogP contribution in [0.3, 0.4) is 0 Å². The summed E-state index contributed by atoms with van der Waals surface area (Å²) in [5.41, 5.74) is 12.1. The molecule has 1 aliphatic rings. The van der Waals surface area contributed by atoms with Crippen LogP contribution >= 0.6 is 0 Å². The zero-order chi connectivity index (χ0) is 27.9. The normalized spacial score (nSPS) is 17.4. The summed E-state index contributed by atoms with van der Waals surface area (Å²) in [4.78, 5) is 25.7. The smallest absolute Gasteiger partial charge is 0.306 e. The maximum absolute atomic E-state index is 11.4. The maximum Gasteiger partial charge on any atom is 0.306 e. The molecule has 8 heteroatoms. The van der Waals surface area contributed by atoms with Gasteiger partial charge in [-0.1, -0.05) is 42.5 Å². The molecule has 40 heavy (non-hydrogen) atoms. The standard InChI is InChI=1S/C32H32N6O2/c1-32(2,37-23-13-10-21(19-23)31(39)40)22-11-14-24(15-12-22)38-29(25-9-6-18-34-28(25)33)36-27-17-16-26(35-30(27)38)20-7-4-3-5-8-20/h3-9,11-12,14-18,21,23,37H,10,13,19H2,1-2H3,(H2,33,34)(H,39,40)/t21-,23+/m0/s1. The lowest BCUT2D eigenvalue weighted by Crippen LogP contribution is -2.42. The first kappa shape index (κ1) is 25.7. The fourth-order valence-corrected chi connectivity index (χ4v) is 5.72. The maximum atomic E-state index is 11.4. The van der Waals surface area contributed by atoms with Crippen molar-refractivity contribution in [3.05, 3.63) is 90.6 Å². The van der Waals surface area contributed by atoms with Crippen LogP contribution in [-0.4, -0.2) is 36.6 Å². The fourth-order valence-electron chi connectivity index (χ4n) is 5.72. The molecule has 0 bridgehead atoms. The molecule has 5 aromatic rings. The molecule has 1 saturated carbocycles. The summed E-state index contributed by atoms with van der Waals surface area (Å²) in [6.45, 7) is 4.27. The molecular weight excluding hydrogens is 500 g/mol. The summed E-state index contributed by atoms with van der Waals surface area (Å²) in [6, 6.07) is 26.4. The van der Waals surface area contributed by atoms with Gasteiger partial charge in [-0.05, 0) is 75.1 Å². The lowest BCUT2D eigenvalue weighted by atomic mass is 9.92. The first-order valence-corrected chi connectivity index (χ1v) is 13.6. The van der Waals surface area contributed by atoms with Crippen molar-refractivity contribution in [3.63, 3.8) is 0 Å². The van der Waals surface area contributed by atoms with Crippen molar-refractivity contribution >= 4 is 23.0 Å². The van der Waals surface area contributed by atoms with Crippen LogP contribution in [0.1, 0.15) is 38.7 Å². The molecule has 202 valence electrons. The van der Waals surface area contributed by atoms with Crippen molar-refractivity contribution in [2.45, 2.75) is 44.7 Å². The van der Waals surface area contributed by atoms with E-state index in [9.17, 15) is 9.90 Å². The molecule has 3 aromatic heterocycles. The van der Waals surface area contributed by atoms with E-state index in [1.165, 1.54) is 0 Å². The molecule has 6 rings (SSSR count). The van der Waals surface area contributed by atoms with E-state index in [4.69, 9.17) is 15.7 Å². The summed E-state index contributed by atoms with van der Waals surface area (Å²) >= 11 is 0. The molecular formula is C32H32N6O2. The number of hydrogen-bond acceptors (Lipinski definition) is 6. The molecule has 2 aromatic carbocycles. The molecule has 0 unspecified atom stereocenters. The number of carboxylic acid groups (broad SMARTS) is 1. The number of imidazole rings is 1. The van der Waals surface area contributed by atoms with E-state index in [1.54, 1.807) is 6.20 Å². The number of hydrogen-bond donors (Lipinski definition) is 3. The first-order valence-electron chi connectivity index (χ1n) is 13.6. The van der Waals surface area contributed by atoms with Gasteiger partial charge in [-0.15, -0.1) is 0 Å². The Labute approximate surface area is 232 Å². The number of nitrogen functional groups attached to an aromatic ring is 1. The summed E-state index contributed by atoms with van der Waals surface area (Å²) < 4.78 is 2.04. The van der Waals surface area contributed by atoms with Crippen LogP contribution in [0, 0.1) is 5.92 Å². The number of aromatic nitrogens is 4. The Morgan fingerprint density at radius 1 is 0.975 bits per heavy atom. The lowest BCUT2D eigenvalue weighted by molar-refractivity contribution is -0.141. The van der Waals surface area contributed by atoms with Gasteiger partial charge < -0.3 is 16.2 Å². The molecule has 1 aliphatic carbocycles. The van der Waals surface area contributed by atoms with Gasteiger partial charge in [0.05, 0.1) is 17.2 Å². The van der Waals surface area contributed by atoms with Gasteiger partial charge in [-0.25, -0.2) is 15.0 Å². The number of carbonyl (C=O) groups is 1. The zero-order valence-electron chi connectivity index (χ0n) is 22.6. The van der Waals surface area contributed by atoms with Gasteiger partial charge in [0.1, 0.15) is 11.3 Å². The van der Waals surface area contributed by atoms with Crippen molar-refractivity contribution in [1.82, 2.24) is 24.8 Å². The Bertz CT molecular complexity index is 1680. The average molecular weight is 533 g/mol. The van der Waals surface area contributed by atoms with E-state index in [2.05, 4.69) is 48.4 Å². The van der Waals surface area contributed by atoms with E-state index in [-0.39, 0.29) is 17.5 Å². The minimum atomic E-state index is -0.701. The monoisotopic (exact) mass is 532 g/mol. The predicted octanol–water partition coefficient (Wildman–Crippen LogP) is 5.81. The second kappa shape index (κ2) is 10.2. The number of rotatable bonds is 7. The highest BCUT2D eigenvalue weighted by molar-refractivity contribution is 5.84. The van der Waals surface area contributed by atoms with Gasteiger partial charge in [0, 0.05) is 29.0 Å². The number of benzene rings is 2. The van der Waals surface area contributed by atoms with Crippen molar-refractivity contribution in [1.29, 1.82) is 0 Å². The summed E-state index contributed by atoms with van der Waals surface area (Å²) in [6.07, 6.45) is 3.91. The Hall–Kier alpha value is -4.56. The Balaban J connectivity index is 1.40. The number of carboxylic acids is 1. The number of pyridine rings is 2. The van der Waals surface area contributed by atoms with Gasteiger partial charge in [-0.3, -0.25) is 9.36 Å². The highest BCUT2D eigenvalue weighted by Gasteiger charge is 2.33. The number of nitrogens with two attached hydrogens (primary N) is 1. The first-order chi connectivity index (χ1) is 19.3. The summed E-state index contributed by atoms with van der Waals surface area (Å²) in [7, 11) is 0. The molecule has 1 fully saturated rings. The third-order valence-corrected chi connectivity index (χ3v) is 7.85. The number of nitrogens with zero attached hydrogens (tertiary/aromatic N) is 4. The van der Waals surface area contributed by atoms with Crippen LogP contribution in [-0.2, 0) is 10.3 Å². The lowest BCUT2D eigenvalue weighted by Gasteiger charge is -2.31. The molecule has 4 N–H and O–H groups in total. The van der Waals surface area contributed by atoms with E-state index >= 15 is 0 Å². The van der Waals surface area contributed by atoms with E-state index in [1.807, 2.05) is 59.2 Å². The minimum absolute atomic E-state index is 0.175. The van der Waals surface area contributed by atoms with Gasteiger partial charge in [0.25, 0.3) is 0 Å².